The van der Waals surface area contributed by atoms with Crippen LogP contribution >= 0.6 is 0 Å². The van der Waals surface area contributed by atoms with Crippen LogP contribution in [0.15, 0.2) is 47.1 Å². The molecule has 1 N–H and O–H groups in total. The van der Waals surface area contributed by atoms with E-state index in [-0.39, 0.29) is 23.8 Å². The van der Waals surface area contributed by atoms with Crippen molar-refractivity contribution in [3.05, 3.63) is 54.0 Å². The van der Waals surface area contributed by atoms with Crippen LogP contribution in [0.25, 0.3) is 0 Å². The van der Waals surface area contributed by atoms with Crippen LogP contribution in [0.4, 0.5) is 18.9 Å². The molecule has 9 heteroatoms. The van der Waals surface area contributed by atoms with E-state index in [0.717, 1.165) is 6.07 Å². The van der Waals surface area contributed by atoms with Gasteiger partial charge in [-0.25, -0.2) is 0 Å². The highest BCUT2D eigenvalue weighted by atomic mass is 19.4. The molecular formula is C19H20F3N3O3. The molecule has 1 aromatic heterocycles. The Bertz CT molecular complexity index is 813. The van der Waals surface area contributed by atoms with Gasteiger partial charge in [0.2, 0.25) is 5.91 Å². The van der Waals surface area contributed by atoms with Gasteiger partial charge in [-0.05, 0) is 24.3 Å². The summed E-state index contributed by atoms with van der Waals surface area (Å²) < 4.78 is 44.0. The van der Waals surface area contributed by atoms with Gasteiger partial charge >= 0.3 is 6.18 Å². The number of carbonyl (C=O) groups excluding carboxylic acids is 2. The van der Waals surface area contributed by atoms with Crippen LogP contribution in [0.1, 0.15) is 22.5 Å². The van der Waals surface area contributed by atoms with E-state index in [1.165, 1.54) is 24.5 Å². The SMILES string of the molecule is O=C(CCN1CCN(C(=O)c2ccco2)CC1)Nc1ccccc1C(F)(F)F. The third kappa shape index (κ3) is 4.92. The number of carbonyl (C=O) groups is 2. The predicted molar refractivity (Wildman–Crippen MR) is 95.7 cm³/mol. The average molecular weight is 395 g/mol. The molecule has 3 rings (SSSR count). The van der Waals surface area contributed by atoms with Crippen LogP contribution in [0.3, 0.4) is 0 Å². The van der Waals surface area contributed by atoms with Gasteiger partial charge < -0.3 is 14.6 Å². The van der Waals surface area contributed by atoms with Gasteiger partial charge in [0.05, 0.1) is 17.5 Å². The molecule has 2 amide bonds. The zero-order chi connectivity index (χ0) is 20.1. The molecule has 2 aromatic rings. The van der Waals surface area contributed by atoms with Crippen molar-refractivity contribution in [1.29, 1.82) is 0 Å². The van der Waals surface area contributed by atoms with Gasteiger partial charge in [0.15, 0.2) is 5.76 Å². The highest BCUT2D eigenvalue weighted by Crippen LogP contribution is 2.34. The molecule has 2 heterocycles. The molecule has 1 aromatic carbocycles. The largest absolute Gasteiger partial charge is 0.459 e. The fourth-order valence-electron chi connectivity index (χ4n) is 3.04. The molecule has 0 bridgehead atoms. The number of amides is 2. The molecule has 1 aliphatic rings. The first-order valence-electron chi connectivity index (χ1n) is 8.86. The first kappa shape index (κ1) is 19.9. The maximum atomic E-state index is 13.0. The summed E-state index contributed by atoms with van der Waals surface area (Å²) >= 11 is 0. The van der Waals surface area contributed by atoms with Crippen LogP contribution in [-0.2, 0) is 11.0 Å². The van der Waals surface area contributed by atoms with Gasteiger partial charge in [0, 0.05) is 39.1 Å². The van der Waals surface area contributed by atoms with Crippen LogP contribution in [0.2, 0.25) is 0 Å². The number of piperazine rings is 1. The quantitative estimate of drug-likeness (QED) is 0.845. The van der Waals surface area contributed by atoms with E-state index in [1.807, 2.05) is 4.90 Å². The van der Waals surface area contributed by atoms with Crippen LogP contribution in [-0.4, -0.2) is 54.3 Å². The van der Waals surface area contributed by atoms with Gasteiger partial charge in [-0.15, -0.1) is 0 Å². The minimum absolute atomic E-state index is 0.0678. The van der Waals surface area contributed by atoms with Crippen molar-refractivity contribution in [1.82, 2.24) is 9.80 Å². The molecule has 0 radical (unpaired) electrons. The minimum atomic E-state index is -4.53. The molecule has 1 fully saturated rings. The smallest absolute Gasteiger partial charge is 0.418 e. The lowest BCUT2D eigenvalue weighted by molar-refractivity contribution is -0.137. The Morgan fingerprint density at radius 2 is 1.75 bits per heavy atom. The van der Waals surface area contributed by atoms with E-state index in [0.29, 0.717) is 32.7 Å². The highest BCUT2D eigenvalue weighted by molar-refractivity contribution is 5.92. The van der Waals surface area contributed by atoms with Gasteiger partial charge in [-0.2, -0.15) is 13.2 Å². The molecule has 1 aliphatic heterocycles. The number of alkyl halides is 3. The molecule has 1 saturated heterocycles. The summed E-state index contributed by atoms with van der Waals surface area (Å²) in [4.78, 5) is 28.0. The Kier molecular flexibility index (Phi) is 6.03. The van der Waals surface area contributed by atoms with Crippen molar-refractivity contribution < 1.29 is 27.2 Å². The molecule has 0 saturated carbocycles. The fraction of sp³-hybridized carbons (Fsp3) is 0.368. The van der Waals surface area contributed by atoms with Crippen molar-refractivity contribution in [2.75, 3.05) is 38.0 Å². The number of hydrogen-bond donors (Lipinski definition) is 1. The number of furan rings is 1. The molecule has 0 spiro atoms. The van der Waals surface area contributed by atoms with Gasteiger partial charge in [0.25, 0.3) is 5.91 Å². The van der Waals surface area contributed by atoms with Gasteiger partial charge in [0.1, 0.15) is 0 Å². The summed E-state index contributed by atoms with van der Waals surface area (Å²) in [5.74, 6) is -0.367. The zero-order valence-electron chi connectivity index (χ0n) is 15.0. The number of nitrogens with one attached hydrogen (secondary N) is 1. The first-order chi connectivity index (χ1) is 13.3. The molecule has 0 atom stereocenters. The lowest BCUT2D eigenvalue weighted by Gasteiger charge is -2.34. The summed E-state index contributed by atoms with van der Waals surface area (Å²) in [6.45, 7) is 2.57. The van der Waals surface area contributed by atoms with E-state index in [1.54, 1.807) is 17.0 Å². The van der Waals surface area contributed by atoms with Crippen molar-refractivity contribution in [2.45, 2.75) is 12.6 Å². The van der Waals surface area contributed by atoms with Crippen molar-refractivity contribution in [3.8, 4) is 0 Å². The number of rotatable bonds is 5. The minimum Gasteiger partial charge on any atom is -0.459 e. The van der Waals surface area contributed by atoms with Crippen molar-refractivity contribution in [3.63, 3.8) is 0 Å². The number of nitrogens with zero attached hydrogens (tertiary/aromatic N) is 2. The number of benzene rings is 1. The summed E-state index contributed by atoms with van der Waals surface area (Å²) in [5, 5.41) is 2.34. The van der Waals surface area contributed by atoms with Gasteiger partial charge in [-0.3, -0.25) is 14.5 Å². The lowest BCUT2D eigenvalue weighted by atomic mass is 10.1. The van der Waals surface area contributed by atoms with Crippen LogP contribution < -0.4 is 5.32 Å². The lowest BCUT2D eigenvalue weighted by Crippen LogP contribution is -2.49. The van der Waals surface area contributed by atoms with Gasteiger partial charge in [-0.1, -0.05) is 12.1 Å². The first-order valence-corrected chi connectivity index (χ1v) is 8.86. The topological polar surface area (TPSA) is 65.8 Å². The number of halogens is 3. The van der Waals surface area contributed by atoms with E-state index >= 15 is 0 Å². The molecule has 0 unspecified atom stereocenters. The maximum absolute atomic E-state index is 13.0. The van der Waals surface area contributed by atoms with Crippen LogP contribution in [0.5, 0.6) is 0 Å². The number of hydrogen-bond acceptors (Lipinski definition) is 4. The molecular weight excluding hydrogens is 375 g/mol. The normalized spacial score (nSPS) is 15.5. The summed E-state index contributed by atoms with van der Waals surface area (Å²) in [5.41, 5.74) is -1.11. The summed E-state index contributed by atoms with van der Waals surface area (Å²) in [7, 11) is 0. The Hall–Kier alpha value is -2.81. The zero-order valence-corrected chi connectivity index (χ0v) is 15.0. The van der Waals surface area contributed by atoms with Crippen molar-refractivity contribution >= 4 is 17.5 Å². The van der Waals surface area contributed by atoms with Crippen molar-refractivity contribution in [2.24, 2.45) is 0 Å². The summed E-state index contributed by atoms with van der Waals surface area (Å²) in [6, 6.07) is 8.16. The summed E-state index contributed by atoms with van der Waals surface area (Å²) in [6.07, 6.45) is -3.02. The Morgan fingerprint density at radius 1 is 1.04 bits per heavy atom. The standard InChI is InChI=1S/C19H20F3N3O3/c20-19(21,22)14-4-1-2-5-15(14)23-17(26)7-8-24-9-11-25(12-10-24)18(27)16-6-3-13-28-16/h1-6,13H,7-12H2,(H,23,26). The molecule has 0 aliphatic carbocycles. The van der Waals surface area contributed by atoms with E-state index in [4.69, 9.17) is 4.42 Å². The monoisotopic (exact) mass is 395 g/mol. The van der Waals surface area contributed by atoms with E-state index in [9.17, 15) is 22.8 Å². The molecule has 150 valence electrons. The third-order valence-corrected chi connectivity index (χ3v) is 4.55. The van der Waals surface area contributed by atoms with E-state index < -0.39 is 17.6 Å². The number of anilines is 1. The highest BCUT2D eigenvalue weighted by Gasteiger charge is 2.33. The van der Waals surface area contributed by atoms with Crippen LogP contribution in [0, 0.1) is 0 Å². The average Bonchev–Trinajstić information content (AvgIpc) is 3.20. The third-order valence-electron chi connectivity index (χ3n) is 4.55. The molecule has 6 nitrogen and oxygen atoms in total. The second kappa shape index (κ2) is 8.47. The second-order valence-electron chi connectivity index (χ2n) is 6.45. The fourth-order valence-corrected chi connectivity index (χ4v) is 3.04. The van der Waals surface area contributed by atoms with E-state index in [2.05, 4.69) is 5.32 Å². The Morgan fingerprint density at radius 3 is 2.39 bits per heavy atom. The Balaban J connectivity index is 1.46. The maximum Gasteiger partial charge on any atom is 0.418 e. The predicted octanol–water partition coefficient (Wildman–Crippen LogP) is 3.09. The molecule has 28 heavy (non-hydrogen) atoms. The Labute approximate surface area is 159 Å². The second-order valence-corrected chi connectivity index (χ2v) is 6.45. The number of para-hydroxylation sites is 1.